The van der Waals surface area contributed by atoms with E-state index in [0.29, 0.717) is 0 Å². The number of hydrogen-bond acceptors (Lipinski definition) is 3. The Labute approximate surface area is 92.3 Å². The number of nitrogens with zero attached hydrogens (tertiary/aromatic N) is 1. The van der Waals surface area contributed by atoms with Gasteiger partial charge in [-0.05, 0) is 17.7 Å². The van der Waals surface area contributed by atoms with Gasteiger partial charge in [0.1, 0.15) is 0 Å². The number of fused-ring (bicyclic) bond motifs is 1. The van der Waals surface area contributed by atoms with Gasteiger partial charge < -0.3 is 4.90 Å². The van der Waals surface area contributed by atoms with Gasteiger partial charge in [0.15, 0.2) is 0 Å². The summed E-state index contributed by atoms with van der Waals surface area (Å²) < 4.78 is 0. The van der Waals surface area contributed by atoms with Crippen molar-refractivity contribution in [1.29, 1.82) is 0 Å². The topological polar surface area (TPSA) is 20.3 Å². The van der Waals surface area contributed by atoms with Crippen molar-refractivity contribution in [1.82, 2.24) is 4.90 Å². The Hall–Kier alpha value is -0.480. The molecule has 4 heteroatoms. The highest BCUT2D eigenvalue weighted by Gasteiger charge is 2.24. The summed E-state index contributed by atoms with van der Waals surface area (Å²) in [5.74, 6) is 1.26. The van der Waals surface area contributed by atoms with Crippen molar-refractivity contribution in [2.24, 2.45) is 0 Å². The van der Waals surface area contributed by atoms with Crippen molar-refractivity contribution in [2.45, 2.75) is 6.42 Å². The van der Waals surface area contributed by atoms with Crippen LogP contribution in [0.3, 0.4) is 0 Å². The van der Waals surface area contributed by atoms with Crippen LogP contribution in [0.1, 0.15) is 15.2 Å². The molecule has 0 N–H and O–H groups in total. The quantitative estimate of drug-likeness (QED) is 0.788. The third kappa shape index (κ3) is 1.81. The fourth-order valence-corrected chi connectivity index (χ4v) is 2.91. The van der Waals surface area contributed by atoms with Gasteiger partial charge in [-0.1, -0.05) is 0 Å². The van der Waals surface area contributed by atoms with Crippen LogP contribution < -0.4 is 0 Å². The summed E-state index contributed by atoms with van der Waals surface area (Å²) in [6.07, 6.45) is 3.11. The summed E-state index contributed by atoms with van der Waals surface area (Å²) in [6.45, 7) is 1.78. The maximum atomic E-state index is 11.9. The molecule has 0 fully saturated rings. The van der Waals surface area contributed by atoms with Gasteiger partial charge in [-0.2, -0.15) is 11.8 Å². The lowest BCUT2D eigenvalue weighted by Crippen LogP contribution is -2.38. The number of carbonyl (C=O) groups is 1. The van der Waals surface area contributed by atoms with Crippen LogP contribution in [0.4, 0.5) is 0 Å². The normalized spacial score (nSPS) is 15.8. The first-order valence-electron chi connectivity index (χ1n) is 4.67. The van der Waals surface area contributed by atoms with E-state index < -0.39 is 0 Å². The summed E-state index contributed by atoms with van der Waals surface area (Å²) in [5.41, 5.74) is 0.933. The molecule has 1 amide bonds. The molecule has 1 aromatic rings. The largest absolute Gasteiger partial charge is 0.337 e. The minimum atomic E-state index is 0.224. The lowest BCUT2D eigenvalue weighted by atomic mass is 10.1. The summed E-state index contributed by atoms with van der Waals surface area (Å²) in [6, 6.07) is 1.95. The number of carbonyl (C=O) groups excluding carboxylic acids is 1. The van der Waals surface area contributed by atoms with Crippen LogP contribution in [-0.4, -0.2) is 35.9 Å². The van der Waals surface area contributed by atoms with E-state index in [9.17, 15) is 4.79 Å². The molecule has 14 heavy (non-hydrogen) atoms. The molecule has 0 saturated heterocycles. The van der Waals surface area contributed by atoms with E-state index in [-0.39, 0.29) is 5.91 Å². The van der Waals surface area contributed by atoms with Gasteiger partial charge in [0, 0.05) is 30.1 Å². The van der Waals surface area contributed by atoms with Gasteiger partial charge in [-0.3, -0.25) is 4.79 Å². The Balaban J connectivity index is 2.09. The SMILES string of the molecule is CSCCN1CCc2sccc2C1=O. The van der Waals surface area contributed by atoms with Crippen molar-refractivity contribution in [3.05, 3.63) is 21.9 Å². The highest BCUT2D eigenvalue weighted by atomic mass is 32.2. The molecule has 1 aliphatic rings. The van der Waals surface area contributed by atoms with Crippen molar-refractivity contribution in [3.8, 4) is 0 Å². The molecule has 0 aromatic carbocycles. The highest BCUT2D eigenvalue weighted by molar-refractivity contribution is 7.98. The molecule has 0 bridgehead atoms. The highest BCUT2D eigenvalue weighted by Crippen LogP contribution is 2.23. The Kier molecular flexibility index (Phi) is 3.13. The third-order valence-electron chi connectivity index (χ3n) is 2.44. The molecule has 0 unspecified atom stereocenters. The van der Waals surface area contributed by atoms with Gasteiger partial charge in [0.2, 0.25) is 0 Å². The molecule has 2 heterocycles. The lowest BCUT2D eigenvalue weighted by Gasteiger charge is -2.26. The van der Waals surface area contributed by atoms with Crippen LogP contribution in [-0.2, 0) is 6.42 Å². The zero-order chi connectivity index (χ0) is 9.97. The second-order valence-corrected chi connectivity index (χ2v) is 5.28. The molecule has 0 saturated carbocycles. The molecule has 0 spiro atoms. The van der Waals surface area contributed by atoms with Crippen LogP contribution in [0, 0.1) is 0 Å². The van der Waals surface area contributed by atoms with Gasteiger partial charge in [-0.25, -0.2) is 0 Å². The third-order valence-corrected chi connectivity index (χ3v) is 4.01. The molecular weight excluding hydrogens is 214 g/mol. The first-order chi connectivity index (χ1) is 6.83. The lowest BCUT2D eigenvalue weighted by molar-refractivity contribution is 0.0752. The number of thioether (sulfide) groups is 1. The summed E-state index contributed by atoms with van der Waals surface area (Å²) >= 11 is 3.49. The van der Waals surface area contributed by atoms with Crippen molar-refractivity contribution < 1.29 is 4.79 Å². The molecular formula is C10H13NOS2. The maximum Gasteiger partial charge on any atom is 0.255 e. The fraction of sp³-hybridized carbons (Fsp3) is 0.500. The number of thiophene rings is 1. The van der Waals surface area contributed by atoms with Crippen molar-refractivity contribution in [3.63, 3.8) is 0 Å². The van der Waals surface area contributed by atoms with Gasteiger partial charge in [0.05, 0.1) is 5.56 Å². The minimum Gasteiger partial charge on any atom is -0.337 e. The van der Waals surface area contributed by atoms with Crippen molar-refractivity contribution >= 4 is 29.0 Å². The van der Waals surface area contributed by atoms with Crippen molar-refractivity contribution in [2.75, 3.05) is 25.1 Å². The maximum absolute atomic E-state index is 11.9. The minimum absolute atomic E-state index is 0.224. The predicted octanol–water partition coefficient (Wildman–Crippen LogP) is 2.11. The average Bonchev–Trinajstić information content (AvgIpc) is 2.66. The molecule has 0 aliphatic carbocycles. The zero-order valence-electron chi connectivity index (χ0n) is 8.16. The van der Waals surface area contributed by atoms with E-state index in [1.54, 1.807) is 23.1 Å². The number of rotatable bonds is 3. The van der Waals surface area contributed by atoms with Crippen LogP contribution in [0.15, 0.2) is 11.4 Å². The Morgan fingerprint density at radius 2 is 2.50 bits per heavy atom. The van der Waals surface area contributed by atoms with Gasteiger partial charge in [-0.15, -0.1) is 11.3 Å². The Morgan fingerprint density at radius 1 is 1.64 bits per heavy atom. The summed E-state index contributed by atoms with van der Waals surface area (Å²) in [5, 5.41) is 2.01. The average molecular weight is 227 g/mol. The molecule has 0 radical (unpaired) electrons. The van der Waals surface area contributed by atoms with Crippen LogP contribution >= 0.6 is 23.1 Å². The van der Waals surface area contributed by atoms with E-state index in [1.165, 1.54) is 4.88 Å². The van der Waals surface area contributed by atoms with E-state index in [2.05, 4.69) is 6.26 Å². The summed E-state index contributed by atoms with van der Waals surface area (Å²) in [4.78, 5) is 15.1. The smallest absolute Gasteiger partial charge is 0.255 e. The predicted molar refractivity (Wildman–Crippen MR) is 62.3 cm³/mol. The van der Waals surface area contributed by atoms with Crippen LogP contribution in [0.25, 0.3) is 0 Å². The second kappa shape index (κ2) is 4.36. The molecule has 1 aliphatic heterocycles. The Bertz CT molecular complexity index is 335. The second-order valence-electron chi connectivity index (χ2n) is 3.29. The first kappa shape index (κ1) is 10.1. The molecule has 76 valence electrons. The molecule has 2 rings (SSSR count). The fourth-order valence-electron chi connectivity index (χ4n) is 1.65. The number of amides is 1. The zero-order valence-corrected chi connectivity index (χ0v) is 9.79. The standard InChI is InChI=1S/C10H13NOS2/c1-13-7-5-11-4-2-9-8(10(11)12)3-6-14-9/h3,6H,2,4-5,7H2,1H3. The molecule has 2 nitrogen and oxygen atoms in total. The first-order valence-corrected chi connectivity index (χ1v) is 6.95. The van der Waals surface area contributed by atoms with Gasteiger partial charge >= 0.3 is 0 Å². The molecule has 0 atom stereocenters. The molecule has 1 aromatic heterocycles. The van der Waals surface area contributed by atoms with E-state index in [0.717, 1.165) is 30.8 Å². The number of hydrogen-bond donors (Lipinski definition) is 0. The Morgan fingerprint density at radius 3 is 3.29 bits per heavy atom. The monoisotopic (exact) mass is 227 g/mol. The van der Waals surface area contributed by atoms with E-state index in [1.807, 2.05) is 16.3 Å². The summed E-state index contributed by atoms with van der Waals surface area (Å²) in [7, 11) is 0. The van der Waals surface area contributed by atoms with Crippen LogP contribution in [0.5, 0.6) is 0 Å². The van der Waals surface area contributed by atoms with Gasteiger partial charge in [0.25, 0.3) is 5.91 Å². The van der Waals surface area contributed by atoms with Crippen LogP contribution in [0.2, 0.25) is 0 Å². The van der Waals surface area contributed by atoms with E-state index in [4.69, 9.17) is 0 Å². The van der Waals surface area contributed by atoms with E-state index >= 15 is 0 Å².